The maximum atomic E-state index is 5.35. The Labute approximate surface area is 116 Å². The summed E-state index contributed by atoms with van der Waals surface area (Å²) in [5.41, 5.74) is 5.35. The summed E-state index contributed by atoms with van der Waals surface area (Å²) in [5, 5.41) is 0. The SMILES string of the molecule is CC(C)(C)N.[C-]1=CC=CC1.[CH3-].[Cl-].[Cl-].[Ti+4]. The molecule has 2 N–H and O–H groups in total. The van der Waals surface area contributed by atoms with Crippen LogP contribution in [-0.2, 0) is 21.7 Å². The minimum absolute atomic E-state index is 0. The van der Waals surface area contributed by atoms with Crippen LogP contribution in [0.3, 0.4) is 0 Å². The summed E-state index contributed by atoms with van der Waals surface area (Å²) in [5.74, 6) is 0. The number of hydrogen-bond donors (Lipinski definition) is 1. The predicted molar refractivity (Wildman–Crippen MR) is 51.9 cm³/mol. The van der Waals surface area contributed by atoms with Gasteiger partial charge >= 0.3 is 21.7 Å². The summed E-state index contributed by atoms with van der Waals surface area (Å²) in [6.45, 7) is 5.90. The van der Waals surface area contributed by atoms with E-state index >= 15 is 0 Å². The molecule has 0 aliphatic heterocycles. The zero-order valence-electron chi connectivity index (χ0n) is 9.27. The average molecular weight is 272 g/mol. The smallest absolute Gasteiger partial charge is 1.00 e. The second-order valence-electron chi connectivity index (χ2n) is 3.37. The molecule has 1 rings (SSSR count). The molecule has 0 aromatic rings. The molecule has 0 aromatic heterocycles. The van der Waals surface area contributed by atoms with Crippen molar-refractivity contribution in [1.29, 1.82) is 0 Å². The Kier molecular flexibility index (Phi) is 33.9. The van der Waals surface area contributed by atoms with Crippen molar-refractivity contribution in [3.63, 3.8) is 0 Å². The molecule has 0 heterocycles. The maximum absolute atomic E-state index is 5.35. The first kappa shape index (κ1) is 29.3. The molecule has 0 atom stereocenters. The molecule has 4 heteroatoms. The Morgan fingerprint density at radius 2 is 1.57 bits per heavy atom. The van der Waals surface area contributed by atoms with Crippen LogP contribution in [0.5, 0.6) is 0 Å². The van der Waals surface area contributed by atoms with Crippen molar-refractivity contribution in [2.45, 2.75) is 32.7 Å². The van der Waals surface area contributed by atoms with E-state index in [9.17, 15) is 0 Å². The molecule has 1 aliphatic rings. The molecule has 0 saturated carbocycles. The summed E-state index contributed by atoms with van der Waals surface area (Å²) in [6, 6.07) is 0. The fraction of sp³-hybridized carbons (Fsp3) is 0.500. The van der Waals surface area contributed by atoms with Gasteiger partial charge in [-0.2, -0.15) is 6.08 Å². The van der Waals surface area contributed by atoms with Crippen LogP contribution in [0.15, 0.2) is 18.2 Å². The van der Waals surface area contributed by atoms with Gasteiger partial charge in [0.25, 0.3) is 0 Å². The summed E-state index contributed by atoms with van der Waals surface area (Å²) in [6.07, 6.45) is 10.0. The quantitative estimate of drug-likeness (QED) is 0.359. The van der Waals surface area contributed by atoms with Crippen LogP contribution >= 0.6 is 0 Å². The zero-order chi connectivity index (χ0) is 8.04. The normalized spacial score (nSPS) is 10.6. The number of halogens is 2. The second-order valence-corrected chi connectivity index (χ2v) is 3.37. The minimum atomic E-state index is 0. The van der Waals surface area contributed by atoms with Gasteiger partial charge in [0, 0.05) is 5.54 Å². The van der Waals surface area contributed by atoms with Gasteiger partial charge in [0.15, 0.2) is 0 Å². The predicted octanol–water partition coefficient (Wildman–Crippen LogP) is -3.49. The van der Waals surface area contributed by atoms with Gasteiger partial charge in [-0.25, -0.2) is 12.2 Å². The zero-order valence-corrected chi connectivity index (χ0v) is 12.3. The number of nitrogens with two attached hydrogens (primary N) is 1. The van der Waals surface area contributed by atoms with Crippen molar-refractivity contribution in [1.82, 2.24) is 0 Å². The van der Waals surface area contributed by atoms with Crippen LogP contribution in [0, 0.1) is 13.5 Å². The van der Waals surface area contributed by atoms with E-state index in [1.54, 1.807) is 0 Å². The van der Waals surface area contributed by atoms with Crippen LogP contribution in [-0.4, -0.2) is 5.54 Å². The third kappa shape index (κ3) is 53.3. The van der Waals surface area contributed by atoms with Crippen molar-refractivity contribution in [2.75, 3.05) is 0 Å². The number of rotatable bonds is 0. The van der Waals surface area contributed by atoms with E-state index in [4.69, 9.17) is 5.73 Å². The molecule has 0 spiro atoms. The van der Waals surface area contributed by atoms with Crippen molar-refractivity contribution >= 4 is 0 Å². The van der Waals surface area contributed by atoms with Crippen molar-refractivity contribution in [3.05, 3.63) is 31.7 Å². The summed E-state index contributed by atoms with van der Waals surface area (Å²) in [4.78, 5) is 0. The first-order valence-corrected chi connectivity index (χ1v) is 3.51. The molecule has 0 radical (unpaired) electrons. The summed E-state index contributed by atoms with van der Waals surface area (Å²) in [7, 11) is 0. The third-order valence-electron chi connectivity index (χ3n) is 0.586. The monoisotopic (exact) mass is 271 g/mol. The molecule has 0 saturated heterocycles. The number of hydrogen-bond acceptors (Lipinski definition) is 1. The molecule has 0 unspecified atom stereocenters. The topological polar surface area (TPSA) is 26.0 Å². The van der Waals surface area contributed by atoms with Gasteiger partial charge in [0.05, 0.1) is 0 Å². The summed E-state index contributed by atoms with van der Waals surface area (Å²) >= 11 is 0. The van der Waals surface area contributed by atoms with Gasteiger partial charge in [-0.3, -0.25) is 6.08 Å². The van der Waals surface area contributed by atoms with E-state index in [-0.39, 0.29) is 59.5 Å². The first-order chi connectivity index (χ1) is 4.50. The van der Waals surface area contributed by atoms with Gasteiger partial charge in [0.1, 0.15) is 0 Å². The Balaban J connectivity index is -0.0000000300. The molecule has 1 nitrogen and oxygen atoms in total. The van der Waals surface area contributed by atoms with Crippen LogP contribution in [0.4, 0.5) is 0 Å². The Bertz CT molecular complexity index is 124. The third-order valence-corrected chi connectivity index (χ3v) is 0.586. The Morgan fingerprint density at radius 3 is 1.64 bits per heavy atom. The fourth-order valence-electron chi connectivity index (χ4n) is 0.340. The van der Waals surface area contributed by atoms with Gasteiger partial charge in [-0.05, 0) is 20.8 Å². The van der Waals surface area contributed by atoms with Crippen LogP contribution in [0.25, 0.3) is 0 Å². The van der Waals surface area contributed by atoms with Crippen LogP contribution < -0.4 is 30.5 Å². The second kappa shape index (κ2) is 16.2. The molecule has 14 heavy (non-hydrogen) atoms. The largest absolute Gasteiger partial charge is 4.00 e. The van der Waals surface area contributed by atoms with Gasteiger partial charge < -0.3 is 38.0 Å². The molecule has 0 aromatic carbocycles. The standard InChI is InChI=1S/C5H5.C4H11N.CH3.2ClH.Ti/c1-2-4-5-3-1;1-4(2,3)5;;;;/h1-3H,4H2;5H2,1-3H3;1H3;2*1H;/q-1;;-1;;;+4/p-2. The van der Waals surface area contributed by atoms with Crippen molar-refractivity contribution in [3.8, 4) is 0 Å². The van der Waals surface area contributed by atoms with Gasteiger partial charge in [0.2, 0.25) is 0 Å². The molecule has 0 fully saturated rings. The van der Waals surface area contributed by atoms with E-state index in [1.807, 2.05) is 32.9 Å². The first-order valence-electron chi connectivity index (χ1n) is 3.51. The van der Waals surface area contributed by atoms with E-state index in [0.717, 1.165) is 6.42 Å². The maximum Gasteiger partial charge on any atom is 4.00 e. The van der Waals surface area contributed by atoms with E-state index in [0.29, 0.717) is 0 Å². The average Bonchev–Trinajstić information content (AvgIpc) is 2.07. The van der Waals surface area contributed by atoms with Crippen molar-refractivity contribution < 1.29 is 46.5 Å². The van der Waals surface area contributed by atoms with Gasteiger partial charge in [-0.1, -0.05) is 0 Å². The van der Waals surface area contributed by atoms with E-state index in [1.165, 1.54) is 0 Å². The Hall–Kier alpha value is 0.734. The fourth-order valence-corrected chi connectivity index (χ4v) is 0.340. The Morgan fingerprint density at radius 1 is 1.21 bits per heavy atom. The molecule has 0 amide bonds. The molecule has 82 valence electrons. The minimum Gasteiger partial charge on any atom is -1.00 e. The molecular formula is C10H19Cl2NTi. The van der Waals surface area contributed by atoms with Crippen LogP contribution in [0.1, 0.15) is 27.2 Å². The van der Waals surface area contributed by atoms with E-state index in [2.05, 4.69) is 12.2 Å². The summed E-state index contributed by atoms with van der Waals surface area (Å²) < 4.78 is 0. The molecule has 1 aliphatic carbocycles. The van der Waals surface area contributed by atoms with E-state index < -0.39 is 0 Å². The number of allylic oxidation sites excluding steroid dienone is 4. The van der Waals surface area contributed by atoms with Crippen molar-refractivity contribution in [2.24, 2.45) is 5.73 Å². The molecular weight excluding hydrogens is 253 g/mol. The molecule has 0 bridgehead atoms. The van der Waals surface area contributed by atoms with Crippen LogP contribution in [0.2, 0.25) is 0 Å². The van der Waals surface area contributed by atoms with Gasteiger partial charge in [-0.15, -0.1) is 6.42 Å².